The summed E-state index contributed by atoms with van der Waals surface area (Å²) in [6.45, 7) is 1.84. The minimum Gasteiger partial charge on any atom is -0.411 e. The van der Waals surface area contributed by atoms with Gasteiger partial charge in [-0.05, 0) is 25.1 Å². The maximum absolute atomic E-state index is 12.8. The molecule has 25 heavy (non-hydrogen) atoms. The Bertz CT molecular complexity index is 1030. The van der Waals surface area contributed by atoms with Crippen LogP contribution in [0.4, 0.5) is 0 Å². The molecule has 1 atom stereocenters. The Kier molecular flexibility index (Phi) is 4.07. The van der Waals surface area contributed by atoms with Crippen LogP contribution in [0.3, 0.4) is 0 Å². The van der Waals surface area contributed by atoms with Crippen LogP contribution in [0.2, 0.25) is 0 Å². The van der Waals surface area contributed by atoms with Crippen molar-refractivity contribution in [1.29, 1.82) is 0 Å². The lowest BCUT2D eigenvalue weighted by Gasteiger charge is -2.06. The largest absolute Gasteiger partial charge is 0.411 e. The number of aromatic nitrogens is 4. The Balaban J connectivity index is 1.53. The Morgan fingerprint density at radius 3 is 2.80 bits per heavy atom. The van der Waals surface area contributed by atoms with Crippen molar-refractivity contribution in [3.8, 4) is 11.5 Å². The quantitative estimate of drug-likeness (QED) is 0.433. The summed E-state index contributed by atoms with van der Waals surface area (Å²) in [5, 5.41) is 9.00. The van der Waals surface area contributed by atoms with Crippen molar-refractivity contribution in [2.75, 3.05) is 0 Å². The molecule has 0 saturated heterocycles. The molecule has 0 saturated carbocycles. The molecule has 0 aliphatic heterocycles. The molecular formula is C18H14N4O2S. The van der Waals surface area contributed by atoms with E-state index in [4.69, 9.17) is 4.42 Å². The number of nitrogens with one attached hydrogen (secondary N) is 1. The maximum atomic E-state index is 12.8. The van der Waals surface area contributed by atoms with Crippen molar-refractivity contribution in [1.82, 2.24) is 20.2 Å². The van der Waals surface area contributed by atoms with E-state index >= 15 is 0 Å². The van der Waals surface area contributed by atoms with Crippen molar-refractivity contribution in [2.24, 2.45) is 0 Å². The van der Waals surface area contributed by atoms with Crippen molar-refractivity contribution >= 4 is 28.4 Å². The van der Waals surface area contributed by atoms with Gasteiger partial charge in [-0.25, -0.2) is 0 Å². The van der Waals surface area contributed by atoms with Crippen molar-refractivity contribution in [3.63, 3.8) is 0 Å². The molecule has 0 amide bonds. The molecule has 6 nitrogen and oxygen atoms in total. The Hall–Kier alpha value is -2.93. The van der Waals surface area contributed by atoms with Crippen LogP contribution in [0.25, 0.3) is 22.4 Å². The van der Waals surface area contributed by atoms with E-state index in [9.17, 15) is 4.79 Å². The third-order valence-corrected chi connectivity index (χ3v) is 4.77. The van der Waals surface area contributed by atoms with Gasteiger partial charge in [-0.3, -0.25) is 9.78 Å². The average molecular weight is 350 g/mol. The number of thioether (sulfide) groups is 1. The number of H-pyrrole nitrogens is 1. The summed E-state index contributed by atoms with van der Waals surface area (Å²) >= 11 is 1.25. The molecule has 0 fully saturated rings. The molecule has 0 aliphatic carbocycles. The average Bonchev–Trinajstić information content (AvgIpc) is 3.29. The number of benzene rings is 1. The van der Waals surface area contributed by atoms with Crippen LogP contribution >= 0.6 is 11.8 Å². The van der Waals surface area contributed by atoms with Gasteiger partial charge in [-0.15, -0.1) is 10.2 Å². The van der Waals surface area contributed by atoms with Crippen LogP contribution in [0.1, 0.15) is 17.3 Å². The number of rotatable bonds is 5. The number of hydrogen-bond acceptors (Lipinski definition) is 6. The zero-order valence-electron chi connectivity index (χ0n) is 13.3. The standard InChI is InChI=1S/C18H14N4O2S/c1-11(16(23)14-10-20-15-5-3-2-4-13(14)15)25-18-22-21-17(24-18)12-6-8-19-9-7-12/h2-11,20H,1H3/t11-/m1/s1. The van der Waals surface area contributed by atoms with E-state index in [0.29, 0.717) is 16.7 Å². The lowest BCUT2D eigenvalue weighted by atomic mass is 10.1. The second kappa shape index (κ2) is 6.52. The molecule has 1 aromatic carbocycles. The summed E-state index contributed by atoms with van der Waals surface area (Å²) in [5.41, 5.74) is 2.41. The van der Waals surface area contributed by atoms with Gasteiger partial charge in [0.15, 0.2) is 5.78 Å². The number of nitrogens with zero attached hydrogens (tertiary/aromatic N) is 3. The van der Waals surface area contributed by atoms with Crippen LogP contribution in [-0.2, 0) is 0 Å². The molecule has 0 unspecified atom stereocenters. The fourth-order valence-electron chi connectivity index (χ4n) is 2.57. The van der Waals surface area contributed by atoms with Crippen LogP contribution in [0, 0.1) is 0 Å². The number of pyridine rings is 1. The fraction of sp³-hybridized carbons (Fsp3) is 0.111. The van der Waals surface area contributed by atoms with Crippen LogP contribution in [0.15, 0.2) is 64.6 Å². The van der Waals surface area contributed by atoms with Crippen molar-refractivity contribution in [2.45, 2.75) is 17.4 Å². The number of hydrogen-bond donors (Lipinski definition) is 1. The number of aromatic amines is 1. The highest BCUT2D eigenvalue weighted by Gasteiger charge is 2.22. The van der Waals surface area contributed by atoms with E-state index in [2.05, 4.69) is 20.2 Å². The van der Waals surface area contributed by atoms with Gasteiger partial charge in [0.1, 0.15) is 0 Å². The first-order valence-corrected chi connectivity index (χ1v) is 8.61. The van der Waals surface area contributed by atoms with E-state index in [0.717, 1.165) is 16.5 Å². The predicted octanol–water partition coefficient (Wildman–Crippen LogP) is 3.98. The molecular weight excluding hydrogens is 336 g/mol. The van der Waals surface area contributed by atoms with Crippen molar-refractivity contribution < 1.29 is 9.21 Å². The zero-order valence-corrected chi connectivity index (χ0v) is 14.2. The minimum absolute atomic E-state index is 0.0195. The number of para-hydroxylation sites is 1. The second-order valence-corrected chi connectivity index (χ2v) is 6.77. The van der Waals surface area contributed by atoms with Gasteiger partial charge in [0, 0.05) is 40.6 Å². The van der Waals surface area contributed by atoms with Crippen molar-refractivity contribution in [3.05, 3.63) is 60.6 Å². The monoisotopic (exact) mass is 350 g/mol. The number of Topliss-reactive ketones (excluding diaryl/α,β-unsaturated/α-hetero) is 1. The van der Waals surface area contributed by atoms with Gasteiger partial charge < -0.3 is 9.40 Å². The zero-order chi connectivity index (χ0) is 17.2. The minimum atomic E-state index is -0.343. The third-order valence-electron chi connectivity index (χ3n) is 3.84. The summed E-state index contributed by atoms with van der Waals surface area (Å²) < 4.78 is 5.65. The SMILES string of the molecule is C[C@@H](Sc1nnc(-c2ccncc2)o1)C(=O)c1c[nH]c2ccccc12. The van der Waals surface area contributed by atoms with Gasteiger partial charge in [0.25, 0.3) is 5.22 Å². The Morgan fingerprint density at radius 2 is 1.96 bits per heavy atom. The molecule has 7 heteroatoms. The number of carbonyl (C=O) groups is 1. The summed E-state index contributed by atoms with van der Waals surface area (Å²) in [6, 6.07) is 11.3. The van der Waals surface area contributed by atoms with E-state index in [-0.39, 0.29) is 11.0 Å². The van der Waals surface area contributed by atoms with Gasteiger partial charge in [0.2, 0.25) is 5.89 Å². The van der Waals surface area contributed by atoms with Crippen LogP contribution in [-0.4, -0.2) is 31.2 Å². The Morgan fingerprint density at radius 1 is 1.16 bits per heavy atom. The second-order valence-electron chi connectivity index (χ2n) is 5.48. The molecule has 4 rings (SSSR count). The smallest absolute Gasteiger partial charge is 0.277 e. The molecule has 4 aromatic rings. The summed E-state index contributed by atoms with van der Waals surface area (Å²) in [5.74, 6) is 0.433. The predicted molar refractivity (Wildman–Crippen MR) is 95.5 cm³/mol. The van der Waals surface area contributed by atoms with Crippen LogP contribution in [0.5, 0.6) is 0 Å². The topological polar surface area (TPSA) is 84.7 Å². The molecule has 0 bridgehead atoms. The summed E-state index contributed by atoms with van der Waals surface area (Å²) in [7, 11) is 0. The molecule has 3 aromatic heterocycles. The summed E-state index contributed by atoms with van der Waals surface area (Å²) in [4.78, 5) is 19.8. The van der Waals surface area contributed by atoms with Gasteiger partial charge >= 0.3 is 0 Å². The Labute approximate surface area is 147 Å². The van der Waals surface area contributed by atoms with Gasteiger partial charge in [-0.2, -0.15) is 0 Å². The van der Waals surface area contributed by atoms with Gasteiger partial charge in [-0.1, -0.05) is 30.0 Å². The lowest BCUT2D eigenvalue weighted by Crippen LogP contribution is -2.13. The number of carbonyl (C=O) groups excluding carboxylic acids is 1. The molecule has 124 valence electrons. The number of fused-ring (bicyclic) bond motifs is 1. The van der Waals surface area contributed by atoms with E-state index < -0.39 is 0 Å². The maximum Gasteiger partial charge on any atom is 0.277 e. The molecule has 0 radical (unpaired) electrons. The van der Waals surface area contributed by atoms with E-state index in [1.807, 2.05) is 31.2 Å². The number of ketones is 1. The van der Waals surface area contributed by atoms with Crippen LogP contribution < -0.4 is 0 Å². The van der Waals surface area contributed by atoms with Gasteiger partial charge in [0.05, 0.1) is 5.25 Å². The first-order valence-electron chi connectivity index (χ1n) is 7.73. The molecule has 0 spiro atoms. The molecule has 0 aliphatic rings. The van der Waals surface area contributed by atoms with E-state index in [1.165, 1.54) is 11.8 Å². The highest BCUT2D eigenvalue weighted by molar-refractivity contribution is 8.00. The lowest BCUT2D eigenvalue weighted by molar-refractivity contribution is 0.0995. The molecule has 1 N–H and O–H groups in total. The molecule has 3 heterocycles. The third kappa shape index (κ3) is 3.06. The first kappa shape index (κ1) is 15.6. The highest BCUT2D eigenvalue weighted by atomic mass is 32.2. The summed E-state index contributed by atoms with van der Waals surface area (Å²) in [6.07, 6.45) is 5.07. The fourth-order valence-corrected chi connectivity index (χ4v) is 3.32. The normalized spacial score (nSPS) is 12.4. The highest BCUT2D eigenvalue weighted by Crippen LogP contribution is 2.29. The first-order chi connectivity index (χ1) is 12.2. The van der Waals surface area contributed by atoms with E-state index in [1.54, 1.807) is 30.7 Å².